The van der Waals surface area contributed by atoms with Crippen LogP contribution in [0.3, 0.4) is 0 Å². The SMILES string of the molecule is CC(C)c1ccc(O)c(CC2(C)C=CC=CC2)c1. The van der Waals surface area contributed by atoms with Crippen LogP contribution < -0.4 is 0 Å². The van der Waals surface area contributed by atoms with E-state index < -0.39 is 0 Å². The molecule has 1 aliphatic rings. The third kappa shape index (κ3) is 2.84. The maximum Gasteiger partial charge on any atom is 0.118 e. The van der Waals surface area contributed by atoms with Gasteiger partial charge in [-0.3, -0.25) is 0 Å². The second-order valence-electron chi connectivity index (χ2n) is 5.87. The van der Waals surface area contributed by atoms with Crippen molar-refractivity contribution in [2.45, 2.75) is 39.5 Å². The molecule has 0 heterocycles. The van der Waals surface area contributed by atoms with Gasteiger partial charge in [0.05, 0.1) is 0 Å². The van der Waals surface area contributed by atoms with E-state index in [0.717, 1.165) is 18.4 Å². The predicted octanol–water partition coefficient (Wildman–Crippen LogP) is 4.58. The second-order valence-corrected chi connectivity index (χ2v) is 5.87. The molecule has 0 amide bonds. The topological polar surface area (TPSA) is 20.2 Å². The molecule has 1 heteroatoms. The van der Waals surface area contributed by atoms with E-state index in [1.54, 1.807) is 0 Å². The van der Waals surface area contributed by atoms with Crippen molar-refractivity contribution in [2.75, 3.05) is 0 Å². The number of phenols is 1. The number of phenolic OH excluding ortho intramolecular Hbond substituents is 1. The van der Waals surface area contributed by atoms with E-state index in [1.165, 1.54) is 5.56 Å². The fourth-order valence-corrected chi connectivity index (χ4v) is 2.44. The van der Waals surface area contributed by atoms with Gasteiger partial charge in [0.15, 0.2) is 0 Å². The van der Waals surface area contributed by atoms with E-state index in [-0.39, 0.29) is 5.41 Å². The number of rotatable bonds is 3. The minimum Gasteiger partial charge on any atom is -0.508 e. The number of aromatic hydroxyl groups is 1. The lowest BCUT2D eigenvalue weighted by Crippen LogP contribution is -2.17. The van der Waals surface area contributed by atoms with Gasteiger partial charge < -0.3 is 5.11 Å². The zero-order chi connectivity index (χ0) is 13.2. The molecule has 0 fully saturated rings. The van der Waals surface area contributed by atoms with Crippen LogP contribution in [-0.2, 0) is 6.42 Å². The summed E-state index contributed by atoms with van der Waals surface area (Å²) in [7, 11) is 0. The highest BCUT2D eigenvalue weighted by atomic mass is 16.3. The molecule has 18 heavy (non-hydrogen) atoms. The zero-order valence-electron chi connectivity index (χ0n) is 11.5. The van der Waals surface area contributed by atoms with Crippen LogP contribution in [0.15, 0.2) is 42.5 Å². The summed E-state index contributed by atoms with van der Waals surface area (Å²) in [6.07, 6.45) is 10.6. The van der Waals surface area contributed by atoms with E-state index >= 15 is 0 Å². The molecular formula is C17H22O. The number of hydrogen-bond donors (Lipinski definition) is 1. The van der Waals surface area contributed by atoms with Crippen LogP contribution in [0.25, 0.3) is 0 Å². The second kappa shape index (κ2) is 5.01. The molecule has 2 rings (SSSR count). The molecule has 1 aliphatic carbocycles. The van der Waals surface area contributed by atoms with E-state index in [0.29, 0.717) is 11.7 Å². The van der Waals surface area contributed by atoms with Crippen molar-refractivity contribution in [3.05, 3.63) is 53.6 Å². The molecule has 0 saturated heterocycles. The minimum atomic E-state index is 0.127. The highest BCUT2D eigenvalue weighted by molar-refractivity contribution is 5.39. The quantitative estimate of drug-likeness (QED) is 0.822. The lowest BCUT2D eigenvalue weighted by Gasteiger charge is -2.27. The highest BCUT2D eigenvalue weighted by Gasteiger charge is 2.23. The van der Waals surface area contributed by atoms with Gasteiger partial charge in [-0.1, -0.05) is 57.2 Å². The molecule has 1 unspecified atom stereocenters. The molecule has 0 saturated carbocycles. The monoisotopic (exact) mass is 242 g/mol. The van der Waals surface area contributed by atoms with Crippen LogP contribution in [0.4, 0.5) is 0 Å². The maximum atomic E-state index is 10.0. The van der Waals surface area contributed by atoms with Crippen LogP contribution in [0, 0.1) is 5.41 Å². The molecule has 0 radical (unpaired) electrons. The van der Waals surface area contributed by atoms with Gasteiger partial charge >= 0.3 is 0 Å². The summed E-state index contributed by atoms with van der Waals surface area (Å²) in [4.78, 5) is 0. The van der Waals surface area contributed by atoms with Gasteiger partial charge in [-0.05, 0) is 41.4 Å². The molecule has 0 spiro atoms. The Morgan fingerprint density at radius 1 is 1.28 bits per heavy atom. The number of benzene rings is 1. The van der Waals surface area contributed by atoms with E-state index in [9.17, 15) is 5.11 Å². The van der Waals surface area contributed by atoms with E-state index in [1.807, 2.05) is 12.1 Å². The maximum absolute atomic E-state index is 10.0. The average molecular weight is 242 g/mol. The van der Waals surface area contributed by atoms with Crippen molar-refractivity contribution in [3.63, 3.8) is 0 Å². The number of allylic oxidation sites excluding steroid dienone is 4. The van der Waals surface area contributed by atoms with Gasteiger partial charge in [0.1, 0.15) is 5.75 Å². The average Bonchev–Trinajstić information content (AvgIpc) is 2.32. The predicted molar refractivity (Wildman–Crippen MR) is 76.9 cm³/mol. The molecule has 0 bridgehead atoms. The fourth-order valence-electron chi connectivity index (χ4n) is 2.44. The van der Waals surface area contributed by atoms with E-state index in [2.05, 4.69) is 51.1 Å². The lowest BCUT2D eigenvalue weighted by atomic mass is 9.78. The Balaban J connectivity index is 2.25. The van der Waals surface area contributed by atoms with Crippen LogP contribution in [0.2, 0.25) is 0 Å². The molecule has 1 aromatic rings. The largest absolute Gasteiger partial charge is 0.508 e. The molecule has 96 valence electrons. The standard InChI is InChI=1S/C17H22O/c1-13(2)14-7-8-16(18)15(11-14)12-17(3)9-5-4-6-10-17/h4-9,11,13,18H,10,12H2,1-3H3. The van der Waals surface area contributed by atoms with Crippen molar-refractivity contribution < 1.29 is 5.11 Å². The van der Waals surface area contributed by atoms with Gasteiger partial charge in [0.2, 0.25) is 0 Å². The van der Waals surface area contributed by atoms with Gasteiger partial charge in [-0.15, -0.1) is 0 Å². The van der Waals surface area contributed by atoms with Gasteiger partial charge in [-0.2, -0.15) is 0 Å². The molecule has 0 aromatic heterocycles. The zero-order valence-corrected chi connectivity index (χ0v) is 11.5. The number of hydrogen-bond acceptors (Lipinski definition) is 1. The van der Waals surface area contributed by atoms with Crippen molar-refractivity contribution in [3.8, 4) is 5.75 Å². The van der Waals surface area contributed by atoms with Gasteiger partial charge in [0.25, 0.3) is 0 Å². The van der Waals surface area contributed by atoms with Gasteiger partial charge in [-0.25, -0.2) is 0 Å². The van der Waals surface area contributed by atoms with Crippen LogP contribution in [-0.4, -0.2) is 5.11 Å². The van der Waals surface area contributed by atoms with Crippen molar-refractivity contribution in [1.29, 1.82) is 0 Å². The first-order valence-electron chi connectivity index (χ1n) is 6.66. The first kappa shape index (κ1) is 12.9. The van der Waals surface area contributed by atoms with Crippen LogP contribution in [0.1, 0.15) is 44.2 Å². The Kier molecular flexibility index (Phi) is 3.60. The van der Waals surface area contributed by atoms with Gasteiger partial charge in [0, 0.05) is 0 Å². The first-order valence-corrected chi connectivity index (χ1v) is 6.66. The molecule has 1 aromatic carbocycles. The van der Waals surface area contributed by atoms with E-state index in [4.69, 9.17) is 0 Å². The molecule has 1 nitrogen and oxygen atoms in total. The third-order valence-electron chi connectivity index (χ3n) is 3.69. The summed E-state index contributed by atoms with van der Waals surface area (Å²) >= 11 is 0. The van der Waals surface area contributed by atoms with Crippen molar-refractivity contribution >= 4 is 0 Å². The Hall–Kier alpha value is -1.50. The molecule has 1 atom stereocenters. The summed E-state index contributed by atoms with van der Waals surface area (Å²) in [6.45, 7) is 6.61. The highest BCUT2D eigenvalue weighted by Crippen LogP contribution is 2.35. The summed E-state index contributed by atoms with van der Waals surface area (Å²) < 4.78 is 0. The van der Waals surface area contributed by atoms with Crippen LogP contribution >= 0.6 is 0 Å². The molecule has 0 aliphatic heterocycles. The van der Waals surface area contributed by atoms with Crippen LogP contribution in [0.5, 0.6) is 5.75 Å². The Morgan fingerprint density at radius 3 is 2.67 bits per heavy atom. The van der Waals surface area contributed by atoms with Crippen molar-refractivity contribution in [2.24, 2.45) is 5.41 Å². The summed E-state index contributed by atoms with van der Waals surface area (Å²) in [6, 6.07) is 6.00. The normalized spacial score (nSPS) is 22.7. The Morgan fingerprint density at radius 2 is 2.06 bits per heavy atom. The van der Waals surface area contributed by atoms with Crippen molar-refractivity contribution in [1.82, 2.24) is 0 Å². The summed E-state index contributed by atoms with van der Waals surface area (Å²) in [5.41, 5.74) is 2.48. The molecular weight excluding hydrogens is 220 g/mol. The summed E-state index contributed by atoms with van der Waals surface area (Å²) in [5.74, 6) is 0.919. The smallest absolute Gasteiger partial charge is 0.118 e. The molecule has 1 N–H and O–H groups in total. The Labute approximate surface area is 110 Å². The fraction of sp³-hybridized carbons (Fsp3) is 0.412. The summed E-state index contributed by atoms with van der Waals surface area (Å²) in [5, 5.41) is 10.0. The Bertz CT molecular complexity index is 482. The minimum absolute atomic E-state index is 0.127. The third-order valence-corrected chi connectivity index (χ3v) is 3.69. The first-order chi connectivity index (χ1) is 8.50. The lowest BCUT2D eigenvalue weighted by molar-refractivity contribution is 0.407.